The SMILES string of the molecule is COc1ccccc1Oc1ccc(NC(=O)N(Cc2cccnc2)CC2CCCO2)cc1. The standard InChI is InChI=1S/C25H27N3O4/c1-30-23-8-2-3-9-24(23)32-21-12-10-20(11-13-21)27-25(29)28(18-22-7-5-15-31-22)17-19-6-4-14-26-16-19/h2-4,6,8-14,16,22H,5,7,15,17-18H2,1H3,(H,27,29). The van der Waals surface area contributed by atoms with Gasteiger partial charge in [0, 0.05) is 37.8 Å². The lowest BCUT2D eigenvalue weighted by molar-refractivity contribution is 0.0819. The average Bonchev–Trinajstić information content (AvgIpc) is 3.34. The number of hydrogen-bond donors (Lipinski definition) is 1. The number of methoxy groups -OCH3 is 1. The zero-order chi connectivity index (χ0) is 22.2. The van der Waals surface area contributed by atoms with Gasteiger partial charge in [0.05, 0.1) is 13.2 Å². The fourth-order valence-electron chi connectivity index (χ4n) is 3.60. The van der Waals surface area contributed by atoms with Gasteiger partial charge in [-0.2, -0.15) is 0 Å². The summed E-state index contributed by atoms with van der Waals surface area (Å²) in [7, 11) is 1.61. The van der Waals surface area contributed by atoms with Gasteiger partial charge in [0.25, 0.3) is 0 Å². The Morgan fingerprint density at radius 1 is 1.12 bits per heavy atom. The number of nitrogens with one attached hydrogen (secondary N) is 1. The van der Waals surface area contributed by atoms with Crippen LogP contribution in [-0.2, 0) is 11.3 Å². The van der Waals surface area contributed by atoms with Crippen LogP contribution in [0.15, 0.2) is 73.1 Å². The fourth-order valence-corrected chi connectivity index (χ4v) is 3.60. The summed E-state index contributed by atoms with van der Waals surface area (Å²) in [5, 5.41) is 2.98. The second kappa shape index (κ2) is 10.6. The average molecular weight is 434 g/mol. The highest BCUT2D eigenvalue weighted by Gasteiger charge is 2.23. The molecule has 1 unspecified atom stereocenters. The van der Waals surface area contributed by atoms with E-state index in [1.54, 1.807) is 24.4 Å². The molecule has 7 nitrogen and oxygen atoms in total. The van der Waals surface area contributed by atoms with Gasteiger partial charge in [-0.05, 0) is 60.9 Å². The number of anilines is 1. The van der Waals surface area contributed by atoms with Crippen LogP contribution >= 0.6 is 0 Å². The van der Waals surface area contributed by atoms with Crippen LogP contribution in [-0.4, -0.2) is 42.3 Å². The van der Waals surface area contributed by atoms with Crippen LogP contribution in [0.25, 0.3) is 0 Å². The van der Waals surface area contributed by atoms with Crippen LogP contribution in [0.4, 0.5) is 10.5 Å². The number of urea groups is 1. The Bertz CT molecular complexity index is 1010. The van der Waals surface area contributed by atoms with Gasteiger partial charge in [0.2, 0.25) is 0 Å². The van der Waals surface area contributed by atoms with E-state index < -0.39 is 0 Å². The lowest BCUT2D eigenvalue weighted by Crippen LogP contribution is -2.39. The first-order valence-electron chi connectivity index (χ1n) is 10.7. The van der Waals surface area contributed by atoms with Gasteiger partial charge in [-0.25, -0.2) is 4.79 Å². The Morgan fingerprint density at radius 2 is 1.94 bits per heavy atom. The number of aromatic nitrogens is 1. The van der Waals surface area contributed by atoms with Crippen molar-refractivity contribution in [2.75, 3.05) is 25.6 Å². The molecule has 2 heterocycles. The third-order valence-electron chi connectivity index (χ3n) is 5.23. The van der Waals surface area contributed by atoms with E-state index in [2.05, 4.69) is 10.3 Å². The Labute approximate surface area is 187 Å². The summed E-state index contributed by atoms with van der Waals surface area (Å²) in [5.41, 5.74) is 1.66. The molecule has 0 spiro atoms. The number of para-hydroxylation sites is 2. The van der Waals surface area contributed by atoms with E-state index in [1.165, 1.54) is 0 Å². The van der Waals surface area contributed by atoms with Gasteiger partial charge in [0.15, 0.2) is 11.5 Å². The molecule has 2 amide bonds. The lowest BCUT2D eigenvalue weighted by atomic mass is 10.2. The molecule has 1 aliphatic heterocycles. The first kappa shape index (κ1) is 21.6. The number of pyridine rings is 1. The van der Waals surface area contributed by atoms with Crippen molar-refractivity contribution < 1.29 is 19.0 Å². The third kappa shape index (κ3) is 5.76. The third-order valence-corrected chi connectivity index (χ3v) is 5.23. The summed E-state index contributed by atoms with van der Waals surface area (Å²) in [5.74, 6) is 1.94. The van der Waals surface area contributed by atoms with Crippen molar-refractivity contribution in [1.82, 2.24) is 9.88 Å². The van der Waals surface area contributed by atoms with Crippen LogP contribution in [0.1, 0.15) is 18.4 Å². The minimum absolute atomic E-state index is 0.0639. The van der Waals surface area contributed by atoms with Crippen molar-refractivity contribution in [3.05, 3.63) is 78.6 Å². The zero-order valence-electron chi connectivity index (χ0n) is 18.1. The second-order valence-corrected chi connectivity index (χ2v) is 7.58. The van der Waals surface area contributed by atoms with E-state index in [-0.39, 0.29) is 12.1 Å². The Morgan fingerprint density at radius 3 is 2.62 bits per heavy atom. The maximum atomic E-state index is 13.1. The maximum absolute atomic E-state index is 13.1. The van der Waals surface area contributed by atoms with Gasteiger partial charge in [0.1, 0.15) is 5.75 Å². The fraction of sp³-hybridized carbons (Fsp3) is 0.280. The van der Waals surface area contributed by atoms with Gasteiger partial charge >= 0.3 is 6.03 Å². The van der Waals surface area contributed by atoms with Crippen LogP contribution in [0, 0.1) is 0 Å². The number of carbonyl (C=O) groups is 1. The molecule has 7 heteroatoms. The Kier molecular flexibility index (Phi) is 7.19. The molecule has 32 heavy (non-hydrogen) atoms. The van der Waals surface area contributed by atoms with E-state index in [9.17, 15) is 4.79 Å². The lowest BCUT2D eigenvalue weighted by Gasteiger charge is -2.26. The molecule has 0 saturated carbocycles. The number of benzene rings is 2. The van der Waals surface area contributed by atoms with E-state index in [0.717, 1.165) is 25.0 Å². The molecule has 0 aliphatic carbocycles. The largest absolute Gasteiger partial charge is 0.493 e. The summed E-state index contributed by atoms with van der Waals surface area (Å²) in [6, 6.07) is 18.4. The second-order valence-electron chi connectivity index (χ2n) is 7.58. The molecule has 0 radical (unpaired) electrons. The Balaban J connectivity index is 1.41. The minimum Gasteiger partial charge on any atom is -0.493 e. The molecule has 3 aromatic rings. The molecular formula is C25H27N3O4. The summed E-state index contributed by atoms with van der Waals surface area (Å²) >= 11 is 0. The van der Waals surface area contributed by atoms with Crippen LogP contribution in [0.2, 0.25) is 0 Å². The highest BCUT2D eigenvalue weighted by Crippen LogP contribution is 2.31. The number of hydrogen-bond acceptors (Lipinski definition) is 5. The predicted molar refractivity (Wildman–Crippen MR) is 122 cm³/mol. The molecule has 0 bridgehead atoms. The predicted octanol–water partition coefficient (Wildman–Crippen LogP) is 5.10. The van der Waals surface area contributed by atoms with Crippen LogP contribution in [0.3, 0.4) is 0 Å². The van der Waals surface area contributed by atoms with Crippen molar-refractivity contribution in [3.8, 4) is 17.2 Å². The maximum Gasteiger partial charge on any atom is 0.322 e. The van der Waals surface area contributed by atoms with E-state index in [1.807, 2.05) is 60.7 Å². The summed E-state index contributed by atoms with van der Waals surface area (Å²) in [4.78, 5) is 19.0. The topological polar surface area (TPSA) is 72.9 Å². The van der Waals surface area contributed by atoms with Gasteiger partial charge in [-0.1, -0.05) is 18.2 Å². The van der Waals surface area contributed by atoms with Crippen molar-refractivity contribution in [2.45, 2.75) is 25.5 Å². The number of rotatable bonds is 8. The minimum atomic E-state index is -0.178. The van der Waals surface area contributed by atoms with Crippen molar-refractivity contribution in [1.29, 1.82) is 0 Å². The molecule has 1 aromatic heterocycles. The zero-order valence-corrected chi connectivity index (χ0v) is 18.1. The molecule has 166 valence electrons. The summed E-state index contributed by atoms with van der Waals surface area (Å²) < 4.78 is 17.0. The van der Waals surface area contributed by atoms with Crippen molar-refractivity contribution >= 4 is 11.7 Å². The van der Waals surface area contributed by atoms with Crippen LogP contribution < -0.4 is 14.8 Å². The smallest absolute Gasteiger partial charge is 0.322 e. The first-order valence-corrected chi connectivity index (χ1v) is 10.7. The van der Waals surface area contributed by atoms with Crippen LogP contribution in [0.5, 0.6) is 17.2 Å². The number of ether oxygens (including phenoxy) is 3. The number of carbonyl (C=O) groups excluding carboxylic acids is 1. The monoisotopic (exact) mass is 433 g/mol. The van der Waals surface area contributed by atoms with Crippen molar-refractivity contribution in [3.63, 3.8) is 0 Å². The highest BCUT2D eigenvalue weighted by atomic mass is 16.5. The van der Waals surface area contributed by atoms with Gasteiger partial charge < -0.3 is 24.4 Å². The molecule has 2 aromatic carbocycles. The summed E-state index contributed by atoms with van der Waals surface area (Å²) in [6.45, 7) is 1.75. The molecule has 1 atom stereocenters. The van der Waals surface area contributed by atoms with Crippen molar-refractivity contribution in [2.24, 2.45) is 0 Å². The van der Waals surface area contributed by atoms with Gasteiger partial charge in [-0.3, -0.25) is 4.98 Å². The van der Waals surface area contributed by atoms with E-state index in [4.69, 9.17) is 14.2 Å². The molecule has 1 aliphatic rings. The van der Waals surface area contributed by atoms with Gasteiger partial charge in [-0.15, -0.1) is 0 Å². The Hall–Kier alpha value is -3.58. The molecule has 1 fully saturated rings. The quantitative estimate of drug-likeness (QED) is 0.535. The highest BCUT2D eigenvalue weighted by molar-refractivity contribution is 5.89. The number of amides is 2. The van der Waals surface area contributed by atoms with E-state index in [0.29, 0.717) is 36.0 Å². The molecule has 1 N–H and O–H groups in total. The number of nitrogens with zero attached hydrogens (tertiary/aromatic N) is 2. The van der Waals surface area contributed by atoms with E-state index >= 15 is 0 Å². The summed E-state index contributed by atoms with van der Waals surface area (Å²) in [6.07, 6.45) is 5.56. The molecule has 4 rings (SSSR count). The molecular weight excluding hydrogens is 406 g/mol. The molecule has 1 saturated heterocycles. The first-order chi connectivity index (χ1) is 15.7. The normalized spacial score (nSPS) is 15.2.